The highest BCUT2D eigenvalue weighted by Gasteiger charge is 2.31. The zero-order valence-electron chi connectivity index (χ0n) is 15.3. The molecule has 0 unspecified atom stereocenters. The molecule has 2 saturated carbocycles. The standard InChI is InChI=1S/C21H28N2O3/c24-21(20-14-25-18-12-6-7-13-19(18)26-20)23-22-17-11-5-4-10-16(17)15-8-2-1-3-9-15/h6-7,12-13,15-16,20H,1-5,8-11,14H2,(H,23,24)/b22-17-/t16-,20-/m1/s1. The number of nitrogens with zero attached hydrogens (tertiary/aromatic N) is 1. The number of hydrogen-bond acceptors (Lipinski definition) is 4. The Morgan fingerprint density at radius 1 is 1.00 bits per heavy atom. The summed E-state index contributed by atoms with van der Waals surface area (Å²) in [5, 5.41) is 4.55. The van der Waals surface area contributed by atoms with Crippen LogP contribution in [0.15, 0.2) is 29.4 Å². The van der Waals surface area contributed by atoms with Crippen LogP contribution in [0.1, 0.15) is 57.8 Å². The molecule has 1 heterocycles. The highest BCUT2D eigenvalue weighted by molar-refractivity contribution is 5.90. The molecule has 2 aliphatic carbocycles. The van der Waals surface area contributed by atoms with Crippen LogP contribution in [0.5, 0.6) is 11.5 Å². The molecule has 4 rings (SSSR count). The predicted molar refractivity (Wildman–Crippen MR) is 100 cm³/mol. The normalized spacial score (nSPS) is 27.9. The lowest BCUT2D eigenvalue weighted by molar-refractivity contribution is -0.130. The van der Waals surface area contributed by atoms with Gasteiger partial charge in [-0.3, -0.25) is 4.79 Å². The van der Waals surface area contributed by atoms with Crippen LogP contribution in [0, 0.1) is 11.8 Å². The van der Waals surface area contributed by atoms with E-state index >= 15 is 0 Å². The van der Waals surface area contributed by atoms with Gasteiger partial charge in [-0.1, -0.05) is 37.8 Å². The number of benzene rings is 1. The number of fused-ring (bicyclic) bond motifs is 1. The third-order valence-electron chi connectivity index (χ3n) is 5.96. The molecule has 0 radical (unpaired) electrons. The average molecular weight is 356 g/mol. The van der Waals surface area contributed by atoms with Crippen molar-refractivity contribution in [3.05, 3.63) is 24.3 Å². The molecule has 1 amide bonds. The fourth-order valence-electron chi connectivity index (χ4n) is 4.55. The molecule has 0 spiro atoms. The summed E-state index contributed by atoms with van der Waals surface area (Å²) in [5.74, 6) is 2.38. The van der Waals surface area contributed by atoms with E-state index in [0.29, 0.717) is 17.4 Å². The van der Waals surface area contributed by atoms with Crippen LogP contribution in [0.2, 0.25) is 0 Å². The Kier molecular flexibility index (Phi) is 5.42. The molecule has 1 aromatic rings. The van der Waals surface area contributed by atoms with Crippen molar-refractivity contribution in [2.24, 2.45) is 16.9 Å². The van der Waals surface area contributed by atoms with Gasteiger partial charge < -0.3 is 9.47 Å². The van der Waals surface area contributed by atoms with Crippen LogP contribution in [0.3, 0.4) is 0 Å². The molecule has 5 heteroatoms. The van der Waals surface area contributed by atoms with E-state index in [9.17, 15) is 4.79 Å². The molecule has 2 fully saturated rings. The average Bonchev–Trinajstić information content (AvgIpc) is 2.72. The zero-order valence-corrected chi connectivity index (χ0v) is 15.3. The number of carbonyl (C=O) groups is 1. The SMILES string of the molecule is O=C(N/N=C1/CCCC[C@@H]1C1CCCCC1)[C@H]1COc2ccccc2O1. The van der Waals surface area contributed by atoms with Crippen LogP contribution in [-0.2, 0) is 4.79 Å². The highest BCUT2D eigenvalue weighted by Crippen LogP contribution is 2.37. The van der Waals surface area contributed by atoms with Crippen LogP contribution in [-0.4, -0.2) is 24.3 Å². The van der Waals surface area contributed by atoms with Crippen molar-refractivity contribution in [3.63, 3.8) is 0 Å². The Balaban J connectivity index is 1.39. The maximum Gasteiger partial charge on any atom is 0.284 e. The minimum atomic E-state index is -0.647. The molecule has 0 bridgehead atoms. The summed E-state index contributed by atoms with van der Waals surface area (Å²) >= 11 is 0. The highest BCUT2D eigenvalue weighted by atomic mass is 16.6. The number of carbonyl (C=O) groups excluding carboxylic acids is 1. The Morgan fingerprint density at radius 3 is 2.62 bits per heavy atom. The molecule has 2 atom stereocenters. The van der Waals surface area contributed by atoms with Crippen molar-refractivity contribution >= 4 is 11.6 Å². The lowest BCUT2D eigenvalue weighted by atomic mass is 9.72. The van der Waals surface area contributed by atoms with E-state index in [-0.39, 0.29) is 12.5 Å². The van der Waals surface area contributed by atoms with Crippen molar-refractivity contribution < 1.29 is 14.3 Å². The van der Waals surface area contributed by atoms with Crippen LogP contribution < -0.4 is 14.9 Å². The third-order valence-corrected chi connectivity index (χ3v) is 5.96. The van der Waals surface area contributed by atoms with Gasteiger partial charge in [-0.05, 0) is 50.2 Å². The summed E-state index contributed by atoms with van der Waals surface area (Å²) in [5.41, 5.74) is 3.95. The van der Waals surface area contributed by atoms with Gasteiger partial charge in [0.2, 0.25) is 6.10 Å². The van der Waals surface area contributed by atoms with E-state index in [0.717, 1.165) is 12.3 Å². The van der Waals surface area contributed by atoms with E-state index in [2.05, 4.69) is 10.5 Å². The monoisotopic (exact) mass is 356 g/mol. The fraction of sp³-hybridized carbons (Fsp3) is 0.619. The summed E-state index contributed by atoms with van der Waals surface area (Å²) in [6, 6.07) is 7.43. The maximum absolute atomic E-state index is 12.5. The van der Waals surface area contributed by atoms with Gasteiger partial charge >= 0.3 is 0 Å². The summed E-state index contributed by atoms with van der Waals surface area (Å²) in [6.45, 7) is 0.222. The molecule has 1 N–H and O–H groups in total. The summed E-state index contributed by atoms with van der Waals surface area (Å²) in [6.07, 6.45) is 10.7. The van der Waals surface area contributed by atoms with Crippen molar-refractivity contribution in [1.82, 2.24) is 5.43 Å². The molecule has 3 aliphatic rings. The second-order valence-corrected chi connectivity index (χ2v) is 7.69. The number of rotatable bonds is 3. The van der Waals surface area contributed by atoms with Gasteiger partial charge in [0.25, 0.3) is 5.91 Å². The van der Waals surface area contributed by atoms with Gasteiger partial charge in [-0.2, -0.15) is 5.10 Å². The van der Waals surface area contributed by atoms with E-state index in [1.165, 1.54) is 57.1 Å². The number of para-hydroxylation sites is 2. The van der Waals surface area contributed by atoms with E-state index in [1.54, 1.807) is 0 Å². The number of nitrogens with one attached hydrogen (secondary N) is 1. The first-order valence-electron chi connectivity index (χ1n) is 10.1. The van der Waals surface area contributed by atoms with Crippen molar-refractivity contribution in [2.45, 2.75) is 63.9 Å². The Bertz CT molecular complexity index is 667. The second-order valence-electron chi connectivity index (χ2n) is 7.69. The van der Waals surface area contributed by atoms with Crippen LogP contribution in [0.4, 0.5) is 0 Å². The predicted octanol–water partition coefficient (Wildman–Crippen LogP) is 4.07. The quantitative estimate of drug-likeness (QED) is 0.831. The Hall–Kier alpha value is -2.04. The number of amides is 1. The topological polar surface area (TPSA) is 59.9 Å². The molecule has 5 nitrogen and oxygen atoms in total. The lowest BCUT2D eigenvalue weighted by Crippen LogP contribution is -2.43. The zero-order chi connectivity index (χ0) is 17.8. The van der Waals surface area contributed by atoms with Gasteiger partial charge in [-0.15, -0.1) is 0 Å². The van der Waals surface area contributed by atoms with Crippen LogP contribution >= 0.6 is 0 Å². The van der Waals surface area contributed by atoms with Gasteiger partial charge in [0.05, 0.1) is 0 Å². The van der Waals surface area contributed by atoms with Gasteiger partial charge in [-0.25, -0.2) is 5.43 Å². The Labute approximate surface area is 155 Å². The summed E-state index contributed by atoms with van der Waals surface area (Å²) in [7, 11) is 0. The Morgan fingerprint density at radius 2 is 1.77 bits per heavy atom. The molecular weight excluding hydrogens is 328 g/mol. The van der Waals surface area contributed by atoms with Crippen LogP contribution in [0.25, 0.3) is 0 Å². The molecule has 140 valence electrons. The maximum atomic E-state index is 12.5. The van der Waals surface area contributed by atoms with E-state index in [4.69, 9.17) is 9.47 Å². The van der Waals surface area contributed by atoms with Crippen molar-refractivity contribution in [2.75, 3.05) is 6.61 Å². The van der Waals surface area contributed by atoms with Gasteiger partial charge in [0.1, 0.15) is 6.61 Å². The minimum Gasteiger partial charge on any atom is -0.485 e. The number of ether oxygens (including phenoxy) is 2. The molecule has 0 aromatic heterocycles. The minimum absolute atomic E-state index is 0.222. The van der Waals surface area contributed by atoms with Gasteiger partial charge in [0, 0.05) is 11.6 Å². The smallest absolute Gasteiger partial charge is 0.284 e. The van der Waals surface area contributed by atoms with E-state index < -0.39 is 6.10 Å². The largest absolute Gasteiger partial charge is 0.485 e. The first kappa shape index (κ1) is 17.4. The van der Waals surface area contributed by atoms with Crippen molar-refractivity contribution in [1.29, 1.82) is 0 Å². The molecule has 1 aliphatic heterocycles. The fourth-order valence-corrected chi connectivity index (χ4v) is 4.55. The molecule has 1 aromatic carbocycles. The molecule has 26 heavy (non-hydrogen) atoms. The first-order valence-corrected chi connectivity index (χ1v) is 10.1. The number of hydrazone groups is 1. The summed E-state index contributed by atoms with van der Waals surface area (Å²) in [4.78, 5) is 12.5. The lowest BCUT2D eigenvalue weighted by Gasteiger charge is -2.34. The number of hydrogen-bond donors (Lipinski definition) is 1. The van der Waals surface area contributed by atoms with E-state index in [1.807, 2.05) is 24.3 Å². The molecule has 0 saturated heterocycles. The second kappa shape index (κ2) is 8.11. The summed E-state index contributed by atoms with van der Waals surface area (Å²) < 4.78 is 11.4. The molecular formula is C21H28N2O3. The third kappa shape index (κ3) is 3.87. The first-order chi connectivity index (χ1) is 12.8. The van der Waals surface area contributed by atoms with Gasteiger partial charge in [0.15, 0.2) is 11.5 Å². The van der Waals surface area contributed by atoms with Crippen molar-refractivity contribution in [3.8, 4) is 11.5 Å².